The molecule has 0 spiro atoms. The summed E-state index contributed by atoms with van der Waals surface area (Å²) in [4.78, 5) is 11.7. The summed E-state index contributed by atoms with van der Waals surface area (Å²) < 4.78 is 0. The molecule has 0 aromatic heterocycles. The summed E-state index contributed by atoms with van der Waals surface area (Å²) in [5, 5.41) is 3.66. The predicted molar refractivity (Wildman–Crippen MR) is 75.5 cm³/mol. The van der Waals surface area contributed by atoms with E-state index in [2.05, 4.69) is 5.32 Å². The number of nitrogens with one attached hydrogen (secondary N) is 1. The minimum absolute atomic E-state index is 0.00860. The number of amides is 1. The highest BCUT2D eigenvalue weighted by molar-refractivity contribution is 6.30. The van der Waals surface area contributed by atoms with Gasteiger partial charge >= 0.3 is 0 Å². The van der Waals surface area contributed by atoms with E-state index in [1.165, 1.54) is 0 Å². The first kappa shape index (κ1) is 15.0. The Hall–Kier alpha value is -1.06. The molecule has 0 saturated carbocycles. The molecule has 18 heavy (non-hydrogen) atoms. The highest BCUT2D eigenvalue weighted by Gasteiger charge is 2.09. The van der Waals surface area contributed by atoms with Gasteiger partial charge in [0, 0.05) is 11.4 Å². The van der Waals surface area contributed by atoms with Crippen molar-refractivity contribution < 1.29 is 4.79 Å². The number of hydrogen-bond donors (Lipinski definition) is 2. The molecule has 0 heterocycles. The number of carbonyl (C=O) groups is 1. The van der Waals surface area contributed by atoms with E-state index in [-0.39, 0.29) is 11.9 Å². The summed E-state index contributed by atoms with van der Waals surface area (Å²) in [6.45, 7) is 2.66. The van der Waals surface area contributed by atoms with Gasteiger partial charge in [-0.2, -0.15) is 0 Å². The number of halogens is 1. The Morgan fingerprint density at radius 1 is 1.39 bits per heavy atom. The van der Waals surface area contributed by atoms with Crippen molar-refractivity contribution >= 4 is 17.5 Å². The Bertz CT molecular complexity index is 382. The number of rotatable bonds is 7. The molecule has 0 radical (unpaired) electrons. The molecular weight excluding hydrogens is 248 g/mol. The maximum atomic E-state index is 11.7. The molecule has 0 aliphatic carbocycles. The fraction of sp³-hybridized carbons (Fsp3) is 0.500. The van der Waals surface area contributed by atoms with Crippen molar-refractivity contribution in [3.05, 3.63) is 34.9 Å². The lowest BCUT2D eigenvalue weighted by molar-refractivity contribution is -0.121. The molecular formula is C14H21ClN2O. The van der Waals surface area contributed by atoms with E-state index in [0.29, 0.717) is 18.0 Å². The van der Waals surface area contributed by atoms with Crippen LogP contribution in [-0.2, 0) is 4.79 Å². The molecule has 1 amide bonds. The molecule has 3 N–H and O–H groups in total. The number of carbonyl (C=O) groups excluding carboxylic acids is 1. The molecule has 1 unspecified atom stereocenters. The number of hydrogen-bond acceptors (Lipinski definition) is 2. The lowest BCUT2D eigenvalue weighted by atomic mass is 10.1. The highest BCUT2D eigenvalue weighted by Crippen LogP contribution is 2.17. The summed E-state index contributed by atoms with van der Waals surface area (Å²) in [5.41, 5.74) is 6.43. The van der Waals surface area contributed by atoms with Crippen molar-refractivity contribution in [3.63, 3.8) is 0 Å². The summed E-state index contributed by atoms with van der Waals surface area (Å²) in [7, 11) is 0. The molecule has 0 saturated heterocycles. The minimum Gasteiger partial charge on any atom is -0.350 e. The Kier molecular flexibility index (Phi) is 6.76. The smallest absolute Gasteiger partial charge is 0.220 e. The first-order valence-corrected chi connectivity index (χ1v) is 6.76. The monoisotopic (exact) mass is 268 g/mol. The van der Waals surface area contributed by atoms with Crippen LogP contribution in [0, 0.1) is 0 Å². The fourth-order valence-electron chi connectivity index (χ4n) is 1.78. The lowest BCUT2D eigenvalue weighted by Gasteiger charge is -2.14. The number of benzene rings is 1. The van der Waals surface area contributed by atoms with Crippen molar-refractivity contribution in [2.45, 2.75) is 38.6 Å². The number of unbranched alkanes of at least 4 members (excludes halogenated alkanes) is 2. The van der Waals surface area contributed by atoms with Gasteiger partial charge in [0.25, 0.3) is 0 Å². The molecule has 4 heteroatoms. The molecule has 0 aliphatic heterocycles. The van der Waals surface area contributed by atoms with Gasteiger partial charge in [0.15, 0.2) is 0 Å². The third kappa shape index (κ3) is 5.52. The van der Waals surface area contributed by atoms with Gasteiger partial charge in [0.2, 0.25) is 5.91 Å². The van der Waals surface area contributed by atoms with Crippen molar-refractivity contribution in [2.24, 2.45) is 5.73 Å². The predicted octanol–water partition coefficient (Wildman–Crippen LogP) is 3.04. The van der Waals surface area contributed by atoms with Crippen LogP contribution in [0.3, 0.4) is 0 Å². The molecule has 3 nitrogen and oxygen atoms in total. The molecule has 1 aromatic carbocycles. The first-order chi connectivity index (χ1) is 8.63. The van der Waals surface area contributed by atoms with Crippen molar-refractivity contribution in [3.8, 4) is 0 Å². The zero-order valence-electron chi connectivity index (χ0n) is 10.8. The summed E-state index contributed by atoms with van der Waals surface area (Å²) in [6, 6.07) is 7.55. The summed E-state index contributed by atoms with van der Waals surface area (Å²) in [5.74, 6) is 0.0829. The normalized spacial score (nSPS) is 12.2. The van der Waals surface area contributed by atoms with E-state index >= 15 is 0 Å². The van der Waals surface area contributed by atoms with Gasteiger partial charge in [0.05, 0.1) is 6.04 Å². The second kappa shape index (κ2) is 8.11. The van der Waals surface area contributed by atoms with Crippen LogP contribution < -0.4 is 11.1 Å². The standard InChI is InChI=1S/C14H21ClN2O/c1-11(12-6-5-7-13(15)10-12)17-14(18)8-3-2-4-9-16/h5-7,10-11H,2-4,8-9,16H2,1H3,(H,17,18). The average Bonchev–Trinajstić information content (AvgIpc) is 2.34. The third-order valence-electron chi connectivity index (χ3n) is 2.83. The van der Waals surface area contributed by atoms with Gasteiger partial charge in [-0.1, -0.05) is 30.2 Å². The average molecular weight is 269 g/mol. The Labute approximate surface area is 114 Å². The molecule has 100 valence electrons. The molecule has 0 bridgehead atoms. The van der Waals surface area contributed by atoms with Gasteiger partial charge in [0.1, 0.15) is 0 Å². The summed E-state index contributed by atoms with van der Waals surface area (Å²) in [6.07, 6.45) is 3.45. The van der Waals surface area contributed by atoms with E-state index in [1.807, 2.05) is 31.2 Å². The molecule has 0 aliphatic rings. The number of nitrogens with two attached hydrogens (primary N) is 1. The van der Waals surface area contributed by atoms with Gasteiger partial charge in [-0.3, -0.25) is 4.79 Å². The van der Waals surface area contributed by atoms with Crippen LogP contribution in [0.4, 0.5) is 0 Å². The maximum absolute atomic E-state index is 11.7. The Balaban J connectivity index is 2.35. The van der Waals surface area contributed by atoms with Crippen LogP contribution >= 0.6 is 11.6 Å². The topological polar surface area (TPSA) is 55.1 Å². The minimum atomic E-state index is -0.00860. The van der Waals surface area contributed by atoms with Crippen LogP contribution in [0.25, 0.3) is 0 Å². The largest absolute Gasteiger partial charge is 0.350 e. The van der Waals surface area contributed by atoms with Gasteiger partial charge in [-0.15, -0.1) is 0 Å². The quantitative estimate of drug-likeness (QED) is 0.747. The van der Waals surface area contributed by atoms with Crippen LogP contribution in [-0.4, -0.2) is 12.5 Å². The van der Waals surface area contributed by atoms with Gasteiger partial charge in [-0.25, -0.2) is 0 Å². The van der Waals surface area contributed by atoms with Gasteiger partial charge < -0.3 is 11.1 Å². The van der Waals surface area contributed by atoms with E-state index in [0.717, 1.165) is 24.8 Å². The van der Waals surface area contributed by atoms with E-state index in [1.54, 1.807) is 0 Å². The highest BCUT2D eigenvalue weighted by atomic mass is 35.5. The lowest BCUT2D eigenvalue weighted by Crippen LogP contribution is -2.26. The van der Waals surface area contributed by atoms with Crippen LogP contribution in [0.1, 0.15) is 44.2 Å². The van der Waals surface area contributed by atoms with Crippen LogP contribution in [0.5, 0.6) is 0 Å². The first-order valence-electron chi connectivity index (χ1n) is 6.38. The second-order valence-corrected chi connectivity index (χ2v) is 4.88. The Morgan fingerprint density at radius 3 is 2.83 bits per heavy atom. The van der Waals surface area contributed by atoms with Crippen LogP contribution in [0.15, 0.2) is 24.3 Å². The zero-order valence-corrected chi connectivity index (χ0v) is 11.5. The zero-order chi connectivity index (χ0) is 13.4. The second-order valence-electron chi connectivity index (χ2n) is 4.44. The maximum Gasteiger partial charge on any atom is 0.220 e. The van der Waals surface area contributed by atoms with Crippen molar-refractivity contribution in [2.75, 3.05) is 6.54 Å². The summed E-state index contributed by atoms with van der Waals surface area (Å²) >= 11 is 5.92. The fourth-order valence-corrected chi connectivity index (χ4v) is 1.98. The van der Waals surface area contributed by atoms with E-state index in [9.17, 15) is 4.79 Å². The van der Waals surface area contributed by atoms with E-state index < -0.39 is 0 Å². The molecule has 1 aromatic rings. The van der Waals surface area contributed by atoms with Crippen molar-refractivity contribution in [1.29, 1.82) is 0 Å². The Morgan fingerprint density at radius 2 is 2.17 bits per heavy atom. The SMILES string of the molecule is CC(NC(=O)CCCCCN)c1cccc(Cl)c1. The third-order valence-corrected chi connectivity index (χ3v) is 3.07. The van der Waals surface area contributed by atoms with E-state index in [4.69, 9.17) is 17.3 Å². The molecule has 1 atom stereocenters. The molecule has 1 rings (SSSR count). The van der Waals surface area contributed by atoms with Crippen molar-refractivity contribution in [1.82, 2.24) is 5.32 Å². The van der Waals surface area contributed by atoms with Gasteiger partial charge in [-0.05, 0) is 44.0 Å². The molecule has 0 fully saturated rings. The van der Waals surface area contributed by atoms with Crippen LogP contribution in [0.2, 0.25) is 5.02 Å².